The second kappa shape index (κ2) is 5.36. The Kier molecular flexibility index (Phi) is 4.11. The molecule has 0 aliphatic rings. The van der Waals surface area contributed by atoms with Gasteiger partial charge in [0, 0.05) is 0 Å². The monoisotopic (exact) mass is 220 g/mol. The second-order valence-electron chi connectivity index (χ2n) is 2.74. The topological polar surface area (TPSA) is 39.9 Å². The van der Waals surface area contributed by atoms with E-state index in [1.807, 2.05) is 24.3 Å². The molecule has 0 saturated heterocycles. The van der Waals surface area contributed by atoms with Crippen molar-refractivity contribution >= 4 is 29.8 Å². The molecule has 0 aliphatic carbocycles. The van der Waals surface area contributed by atoms with Gasteiger partial charge >= 0.3 is 0 Å². The van der Waals surface area contributed by atoms with Crippen LogP contribution in [-0.4, -0.2) is 21.9 Å². The number of para-hydroxylation sites is 1. The largest absolute Gasteiger partial charge is 0.421 e. The van der Waals surface area contributed by atoms with Gasteiger partial charge in [-0.2, -0.15) is 0 Å². The standard InChI is InChI=1S/C9H9N3O.BH2S/c1-7(2)13-12-9-6-4-3-5-8(9)10-11-12;1-2/h3-6H,1H2,2H3;1H2/q;-1. The number of rotatable bonds is 2. The average Bonchev–Trinajstić information content (AvgIpc) is 2.64. The fraction of sp³-hybridized carbons (Fsp3) is 0.111. The van der Waals surface area contributed by atoms with Gasteiger partial charge < -0.3 is 16.9 Å². The minimum Gasteiger partial charge on any atom is -0.421 e. The fourth-order valence-electron chi connectivity index (χ4n) is 1.06. The highest BCUT2D eigenvalue weighted by Crippen LogP contribution is 2.08. The van der Waals surface area contributed by atoms with Crippen LogP contribution in [0.2, 0.25) is 0 Å². The van der Waals surface area contributed by atoms with E-state index in [4.69, 9.17) is 4.84 Å². The molecular weight excluding hydrogens is 209 g/mol. The van der Waals surface area contributed by atoms with Crippen LogP contribution in [0.15, 0.2) is 36.6 Å². The molecule has 0 N–H and O–H groups in total. The number of hydrogen-bond acceptors (Lipinski definition) is 4. The van der Waals surface area contributed by atoms with Crippen LogP contribution < -0.4 is 4.84 Å². The molecule has 0 fully saturated rings. The maximum absolute atomic E-state index is 5.22. The molecule has 1 heterocycles. The van der Waals surface area contributed by atoms with Crippen LogP contribution in [0.1, 0.15) is 6.92 Å². The smallest absolute Gasteiger partial charge is 0.131 e. The Hall–Kier alpha value is -1.56. The molecule has 0 aliphatic heterocycles. The highest BCUT2D eigenvalue weighted by Gasteiger charge is 2.02. The zero-order valence-electron chi connectivity index (χ0n) is 8.67. The molecule has 2 aromatic rings. The molecule has 15 heavy (non-hydrogen) atoms. The van der Waals surface area contributed by atoms with Gasteiger partial charge in [-0.15, -0.1) is 11.8 Å². The van der Waals surface area contributed by atoms with Crippen LogP contribution in [0.4, 0.5) is 0 Å². The number of hydrogen-bond donors (Lipinski definition) is 0. The third-order valence-corrected chi connectivity index (χ3v) is 1.56. The Balaban J connectivity index is 0.000000531. The van der Waals surface area contributed by atoms with Crippen LogP contribution >= 0.6 is 12.1 Å². The molecule has 6 heteroatoms. The van der Waals surface area contributed by atoms with Crippen molar-refractivity contribution in [2.45, 2.75) is 6.92 Å². The Morgan fingerprint density at radius 2 is 2.13 bits per heavy atom. The quantitative estimate of drug-likeness (QED) is 0.561. The molecule has 4 nitrogen and oxygen atoms in total. The fourth-order valence-corrected chi connectivity index (χ4v) is 1.06. The first kappa shape index (κ1) is 11.5. The van der Waals surface area contributed by atoms with Crippen molar-refractivity contribution in [2.75, 3.05) is 0 Å². The zero-order chi connectivity index (χ0) is 11.3. The molecule has 0 bridgehead atoms. The van der Waals surface area contributed by atoms with Gasteiger partial charge in [0.2, 0.25) is 0 Å². The SMILES string of the molecule is C=C(C)On1nnc2ccccc21.[BH2-]=S. The van der Waals surface area contributed by atoms with Crippen LogP contribution in [0.25, 0.3) is 11.0 Å². The molecular formula is C9H11BN3OS-. The van der Waals surface area contributed by atoms with Gasteiger partial charge in [-0.1, -0.05) is 23.6 Å². The van der Waals surface area contributed by atoms with Gasteiger partial charge in [0.05, 0.1) is 0 Å². The molecule has 0 spiro atoms. The minimum absolute atomic E-state index is 0.579. The summed E-state index contributed by atoms with van der Waals surface area (Å²) in [5, 5.41) is 7.74. The molecule has 78 valence electrons. The molecule has 0 saturated carbocycles. The number of aromatic nitrogens is 3. The van der Waals surface area contributed by atoms with E-state index < -0.39 is 0 Å². The first-order valence-electron chi connectivity index (χ1n) is 4.32. The lowest BCUT2D eigenvalue weighted by atomic mass is 10.3. The van der Waals surface area contributed by atoms with E-state index in [-0.39, 0.29) is 0 Å². The van der Waals surface area contributed by atoms with E-state index in [0.717, 1.165) is 11.0 Å². The first-order chi connectivity index (χ1) is 7.27. The second-order valence-corrected chi connectivity index (χ2v) is 2.74. The van der Waals surface area contributed by atoms with Gasteiger partial charge in [-0.05, 0) is 24.3 Å². The lowest BCUT2D eigenvalue weighted by Crippen LogP contribution is -2.09. The average molecular weight is 220 g/mol. The van der Waals surface area contributed by atoms with Crippen LogP contribution in [0.5, 0.6) is 0 Å². The maximum Gasteiger partial charge on any atom is 0.131 e. The van der Waals surface area contributed by atoms with Crippen molar-refractivity contribution in [3.63, 3.8) is 0 Å². The van der Waals surface area contributed by atoms with Crippen molar-refractivity contribution in [3.8, 4) is 0 Å². The number of allylic oxidation sites excluding steroid dienone is 1. The van der Waals surface area contributed by atoms with E-state index in [9.17, 15) is 0 Å². The van der Waals surface area contributed by atoms with E-state index in [1.54, 1.807) is 13.6 Å². The first-order valence-corrected chi connectivity index (χ1v) is 5.14. The van der Waals surface area contributed by atoms with E-state index in [1.165, 1.54) is 4.85 Å². The molecule has 0 atom stereocenters. The van der Waals surface area contributed by atoms with E-state index in [0.29, 0.717) is 5.76 Å². The third-order valence-electron chi connectivity index (χ3n) is 1.56. The number of benzene rings is 1. The highest BCUT2D eigenvalue weighted by molar-refractivity contribution is 7.83. The Morgan fingerprint density at radius 3 is 2.80 bits per heavy atom. The Morgan fingerprint density at radius 1 is 1.47 bits per heavy atom. The van der Waals surface area contributed by atoms with Gasteiger partial charge in [0.1, 0.15) is 16.8 Å². The summed E-state index contributed by atoms with van der Waals surface area (Å²) < 4.78 is 0. The lowest BCUT2D eigenvalue weighted by Gasteiger charge is -2.01. The van der Waals surface area contributed by atoms with Crippen LogP contribution in [-0.2, 0) is 0 Å². The zero-order valence-corrected chi connectivity index (χ0v) is 9.49. The normalized spacial score (nSPS) is 9.13. The molecule has 0 radical (unpaired) electrons. The van der Waals surface area contributed by atoms with Crippen molar-refractivity contribution < 1.29 is 4.84 Å². The Bertz CT molecular complexity index is 471. The minimum atomic E-state index is 0.579. The predicted octanol–water partition coefficient (Wildman–Crippen LogP) is 1.13. The summed E-state index contributed by atoms with van der Waals surface area (Å²) in [6.45, 7) is 6.97. The van der Waals surface area contributed by atoms with Gasteiger partial charge in [-0.25, -0.2) is 0 Å². The lowest BCUT2D eigenvalue weighted by molar-refractivity contribution is 0.154. The summed E-state index contributed by atoms with van der Waals surface area (Å²) in [6.07, 6.45) is 0. The van der Waals surface area contributed by atoms with Crippen molar-refractivity contribution in [1.29, 1.82) is 0 Å². The predicted molar refractivity (Wildman–Crippen MR) is 65.1 cm³/mol. The van der Waals surface area contributed by atoms with E-state index >= 15 is 0 Å². The van der Waals surface area contributed by atoms with Gasteiger partial charge in [-0.3, -0.25) is 0 Å². The summed E-state index contributed by atoms with van der Waals surface area (Å²) in [5.74, 6) is 0.579. The molecule has 1 aromatic carbocycles. The Labute approximate surface area is 93.8 Å². The van der Waals surface area contributed by atoms with Crippen molar-refractivity contribution in [3.05, 3.63) is 36.6 Å². The van der Waals surface area contributed by atoms with Crippen molar-refractivity contribution in [2.24, 2.45) is 0 Å². The molecule has 2 rings (SSSR count). The van der Waals surface area contributed by atoms with Crippen LogP contribution in [0.3, 0.4) is 0 Å². The van der Waals surface area contributed by atoms with E-state index in [2.05, 4.69) is 28.9 Å². The summed E-state index contributed by atoms with van der Waals surface area (Å²) in [5.41, 5.74) is 1.65. The molecule has 0 unspecified atom stereocenters. The molecule has 1 aromatic heterocycles. The summed E-state index contributed by atoms with van der Waals surface area (Å²) in [4.78, 5) is 6.57. The maximum atomic E-state index is 5.22. The third kappa shape index (κ3) is 2.70. The summed E-state index contributed by atoms with van der Waals surface area (Å²) in [6, 6.07) is 7.57. The number of fused-ring (bicyclic) bond motifs is 1. The van der Waals surface area contributed by atoms with Crippen molar-refractivity contribution in [1.82, 2.24) is 15.2 Å². The summed E-state index contributed by atoms with van der Waals surface area (Å²) in [7, 11) is 0. The van der Waals surface area contributed by atoms with Crippen LogP contribution in [0, 0.1) is 0 Å². The highest BCUT2D eigenvalue weighted by atomic mass is 32.1. The number of nitrogens with zero attached hydrogens (tertiary/aromatic N) is 3. The molecule has 0 amide bonds. The van der Waals surface area contributed by atoms with Gasteiger partial charge in [0.15, 0.2) is 0 Å². The van der Waals surface area contributed by atoms with Gasteiger partial charge in [0.25, 0.3) is 0 Å². The summed E-state index contributed by atoms with van der Waals surface area (Å²) >= 11 is 4.08.